The van der Waals surface area contributed by atoms with Crippen molar-refractivity contribution < 1.29 is 14.3 Å². The van der Waals surface area contributed by atoms with Gasteiger partial charge in [0.05, 0.1) is 11.2 Å². The number of thiazole rings is 1. The second-order valence-electron chi connectivity index (χ2n) is 4.50. The number of carbonyl (C=O) groups excluding carboxylic acids is 2. The van der Waals surface area contributed by atoms with Crippen LogP contribution in [0.15, 0.2) is 10.9 Å². The predicted molar refractivity (Wildman–Crippen MR) is 64.7 cm³/mol. The van der Waals surface area contributed by atoms with Gasteiger partial charge in [0.1, 0.15) is 11.6 Å². The number of hydrogen-bond donors (Lipinski definition) is 1. The van der Waals surface area contributed by atoms with Gasteiger partial charge >= 0.3 is 6.09 Å². The molecule has 1 heterocycles. The van der Waals surface area contributed by atoms with Gasteiger partial charge in [0, 0.05) is 11.8 Å². The van der Waals surface area contributed by atoms with E-state index in [9.17, 15) is 9.59 Å². The summed E-state index contributed by atoms with van der Waals surface area (Å²) in [7, 11) is 0. The third-order valence-electron chi connectivity index (χ3n) is 1.73. The molecule has 0 fully saturated rings. The van der Waals surface area contributed by atoms with Crippen molar-refractivity contribution in [1.82, 2.24) is 10.3 Å². The van der Waals surface area contributed by atoms with Crippen LogP contribution in [0.25, 0.3) is 0 Å². The largest absolute Gasteiger partial charge is 0.444 e. The second-order valence-corrected chi connectivity index (χ2v) is 5.22. The fraction of sp³-hybridized carbons (Fsp3) is 0.545. The van der Waals surface area contributed by atoms with Crippen molar-refractivity contribution in [1.29, 1.82) is 0 Å². The van der Waals surface area contributed by atoms with Crippen LogP contribution in [-0.4, -0.2) is 29.0 Å². The molecule has 1 aromatic rings. The van der Waals surface area contributed by atoms with Crippen molar-refractivity contribution >= 4 is 23.7 Å². The Morgan fingerprint density at radius 2 is 2.35 bits per heavy atom. The van der Waals surface area contributed by atoms with E-state index < -0.39 is 17.7 Å². The molecule has 0 aliphatic rings. The minimum absolute atomic E-state index is 0.326. The molecule has 1 N–H and O–H groups in total. The van der Waals surface area contributed by atoms with Crippen molar-refractivity contribution in [2.45, 2.75) is 38.8 Å². The van der Waals surface area contributed by atoms with Crippen LogP contribution in [0.2, 0.25) is 0 Å². The lowest BCUT2D eigenvalue weighted by molar-refractivity contribution is 0.0517. The summed E-state index contributed by atoms with van der Waals surface area (Å²) in [4.78, 5) is 26.2. The van der Waals surface area contributed by atoms with Gasteiger partial charge in [0.15, 0.2) is 0 Å². The van der Waals surface area contributed by atoms with Gasteiger partial charge in [0.25, 0.3) is 0 Å². The molecule has 0 aliphatic heterocycles. The average molecular weight is 255 g/mol. The SMILES string of the molecule is CC(C)(C)OC(=O)N[C@H]([C]=O)Cc1cscn1. The first-order valence-corrected chi connectivity index (χ1v) is 6.09. The van der Waals surface area contributed by atoms with Crippen LogP contribution in [0, 0.1) is 0 Å². The molecular weight excluding hydrogens is 240 g/mol. The Labute approximate surface area is 104 Å². The number of ether oxygens (including phenoxy) is 1. The van der Waals surface area contributed by atoms with E-state index in [1.54, 1.807) is 32.6 Å². The maximum absolute atomic E-state index is 11.4. The molecule has 0 saturated carbocycles. The Bertz CT molecular complexity index is 371. The summed E-state index contributed by atoms with van der Waals surface area (Å²) in [6.07, 6.45) is 1.46. The molecule has 0 aliphatic carbocycles. The maximum atomic E-state index is 11.4. The topological polar surface area (TPSA) is 68.3 Å². The molecule has 5 nitrogen and oxygen atoms in total. The van der Waals surface area contributed by atoms with Crippen molar-refractivity contribution in [3.63, 3.8) is 0 Å². The van der Waals surface area contributed by atoms with Gasteiger partial charge in [-0.25, -0.2) is 9.78 Å². The summed E-state index contributed by atoms with van der Waals surface area (Å²) in [5.41, 5.74) is 1.84. The molecule has 0 unspecified atom stereocenters. The first-order chi connectivity index (χ1) is 7.90. The summed E-state index contributed by atoms with van der Waals surface area (Å²) in [5, 5.41) is 4.26. The highest BCUT2D eigenvalue weighted by Gasteiger charge is 2.20. The minimum Gasteiger partial charge on any atom is -0.444 e. The first kappa shape index (κ1) is 13.6. The lowest BCUT2D eigenvalue weighted by Crippen LogP contribution is -2.41. The van der Waals surface area contributed by atoms with Crippen molar-refractivity contribution in [3.8, 4) is 0 Å². The van der Waals surface area contributed by atoms with Crippen LogP contribution in [-0.2, 0) is 16.0 Å². The molecule has 1 rings (SSSR count). The van der Waals surface area contributed by atoms with E-state index in [1.807, 2.05) is 5.38 Å². The molecule has 0 spiro atoms. The molecule has 93 valence electrons. The smallest absolute Gasteiger partial charge is 0.408 e. The van der Waals surface area contributed by atoms with E-state index in [4.69, 9.17) is 4.74 Å². The van der Waals surface area contributed by atoms with E-state index in [0.717, 1.165) is 5.69 Å². The van der Waals surface area contributed by atoms with E-state index in [1.165, 1.54) is 11.3 Å². The zero-order valence-corrected chi connectivity index (χ0v) is 10.8. The normalized spacial score (nSPS) is 12.9. The predicted octanol–water partition coefficient (Wildman–Crippen LogP) is 1.69. The lowest BCUT2D eigenvalue weighted by Gasteiger charge is -2.21. The molecule has 17 heavy (non-hydrogen) atoms. The number of hydrogen-bond acceptors (Lipinski definition) is 5. The second kappa shape index (κ2) is 5.77. The van der Waals surface area contributed by atoms with Crippen molar-refractivity contribution in [2.75, 3.05) is 0 Å². The standard InChI is InChI=1S/C11H15N2O3S/c1-11(2,3)16-10(15)13-8(5-14)4-9-6-17-7-12-9/h6-8H,4H2,1-3H3,(H,13,15)/t8-/m0/s1. The molecule has 1 atom stereocenters. The Morgan fingerprint density at radius 3 is 2.82 bits per heavy atom. The number of alkyl carbamates (subject to hydrolysis) is 1. The van der Waals surface area contributed by atoms with E-state index in [-0.39, 0.29) is 0 Å². The minimum atomic E-state index is -0.730. The molecular formula is C11H15N2O3S. The number of carbonyl (C=O) groups is 1. The fourth-order valence-corrected chi connectivity index (χ4v) is 1.69. The highest BCUT2D eigenvalue weighted by Crippen LogP contribution is 2.08. The average Bonchev–Trinajstić information content (AvgIpc) is 2.66. The third kappa shape index (κ3) is 5.44. The summed E-state index contributed by atoms with van der Waals surface area (Å²) in [6.45, 7) is 5.27. The van der Waals surface area contributed by atoms with Gasteiger partial charge in [-0.2, -0.15) is 0 Å². The van der Waals surface area contributed by atoms with Crippen molar-refractivity contribution in [2.24, 2.45) is 0 Å². The Hall–Kier alpha value is -1.43. The molecule has 0 saturated heterocycles. The van der Waals surface area contributed by atoms with Crippen LogP contribution in [0.3, 0.4) is 0 Å². The monoisotopic (exact) mass is 255 g/mol. The number of nitrogens with zero attached hydrogens (tertiary/aromatic N) is 1. The third-order valence-corrected chi connectivity index (χ3v) is 2.37. The lowest BCUT2D eigenvalue weighted by atomic mass is 10.2. The van der Waals surface area contributed by atoms with Crippen molar-refractivity contribution in [3.05, 3.63) is 16.6 Å². The van der Waals surface area contributed by atoms with Gasteiger partial charge in [-0.1, -0.05) is 0 Å². The Kier molecular flexibility index (Phi) is 4.62. The fourth-order valence-electron chi connectivity index (χ4n) is 1.12. The summed E-state index contributed by atoms with van der Waals surface area (Å²) < 4.78 is 5.04. The van der Waals surface area contributed by atoms with Crippen LogP contribution < -0.4 is 5.32 Å². The molecule has 1 radical (unpaired) electrons. The zero-order chi connectivity index (χ0) is 12.9. The van der Waals surface area contributed by atoms with Gasteiger partial charge in [0.2, 0.25) is 6.29 Å². The molecule has 0 bridgehead atoms. The Balaban J connectivity index is 2.47. The first-order valence-electron chi connectivity index (χ1n) is 5.15. The van der Waals surface area contributed by atoms with Crippen LogP contribution in [0.5, 0.6) is 0 Å². The van der Waals surface area contributed by atoms with Crippen LogP contribution in [0.4, 0.5) is 4.79 Å². The van der Waals surface area contributed by atoms with Gasteiger partial charge in [-0.15, -0.1) is 11.3 Å². The highest BCUT2D eigenvalue weighted by molar-refractivity contribution is 7.07. The molecule has 6 heteroatoms. The van der Waals surface area contributed by atoms with E-state index >= 15 is 0 Å². The maximum Gasteiger partial charge on any atom is 0.408 e. The number of amides is 1. The van der Waals surface area contributed by atoms with E-state index in [2.05, 4.69) is 10.3 Å². The number of aromatic nitrogens is 1. The quantitative estimate of drug-likeness (QED) is 0.889. The van der Waals surface area contributed by atoms with Crippen LogP contribution >= 0.6 is 11.3 Å². The highest BCUT2D eigenvalue weighted by atomic mass is 32.1. The summed E-state index contributed by atoms with van der Waals surface area (Å²) in [5.74, 6) is 0. The summed E-state index contributed by atoms with van der Waals surface area (Å²) >= 11 is 1.44. The zero-order valence-electron chi connectivity index (χ0n) is 10.0. The number of rotatable bonds is 4. The molecule has 1 amide bonds. The summed E-state index contributed by atoms with van der Waals surface area (Å²) in [6, 6.07) is -0.730. The van der Waals surface area contributed by atoms with Gasteiger partial charge in [-0.3, -0.25) is 4.79 Å². The van der Waals surface area contributed by atoms with E-state index in [0.29, 0.717) is 6.42 Å². The Morgan fingerprint density at radius 1 is 1.65 bits per heavy atom. The van der Waals surface area contributed by atoms with Gasteiger partial charge < -0.3 is 10.1 Å². The number of nitrogens with one attached hydrogen (secondary N) is 1. The molecule has 1 aromatic heterocycles. The molecule has 0 aromatic carbocycles. The van der Waals surface area contributed by atoms with Crippen LogP contribution in [0.1, 0.15) is 26.5 Å². The van der Waals surface area contributed by atoms with Gasteiger partial charge in [-0.05, 0) is 20.8 Å².